The van der Waals surface area contributed by atoms with E-state index in [9.17, 15) is 0 Å². The predicted molar refractivity (Wildman–Crippen MR) is 73.0 cm³/mol. The molecule has 0 unspecified atom stereocenters. The summed E-state index contributed by atoms with van der Waals surface area (Å²) in [7, 11) is 0. The summed E-state index contributed by atoms with van der Waals surface area (Å²) in [5.74, 6) is 0.678. The van der Waals surface area contributed by atoms with Gasteiger partial charge in [0.25, 0.3) is 0 Å². The number of fused-ring (bicyclic) bond motifs is 1. The summed E-state index contributed by atoms with van der Waals surface area (Å²) >= 11 is 1.71. The number of aromatic nitrogens is 2. The lowest BCUT2D eigenvalue weighted by Crippen LogP contribution is -2.38. The highest BCUT2D eigenvalue weighted by Gasteiger charge is 2.37. The van der Waals surface area contributed by atoms with Gasteiger partial charge in [0, 0.05) is 25.0 Å². The zero-order chi connectivity index (χ0) is 12.4. The first-order valence-electron chi connectivity index (χ1n) is 7.07. The molecule has 1 aromatic rings. The van der Waals surface area contributed by atoms with Crippen molar-refractivity contribution in [1.29, 1.82) is 0 Å². The maximum Gasteiger partial charge on any atom is 0.205 e. The summed E-state index contributed by atoms with van der Waals surface area (Å²) in [5.41, 5.74) is 0. The Bertz CT molecular complexity index is 395. The molecule has 0 aromatic carbocycles. The minimum Gasteiger partial charge on any atom is -0.378 e. The normalized spacial score (nSPS) is 31.3. The van der Waals surface area contributed by atoms with Crippen molar-refractivity contribution in [1.82, 2.24) is 10.2 Å². The molecule has 1 N–H and O–H groups in total. The van der Waals surface area contributed by atoms with Crippen molar-refractivity contribution in [2.24, 2.45) is 5.92 Å². The summed E-state index contributed by atoms with van der Waals surface area (Å²) in [4.78, 5) is 0. The standard InChI is InChI=1S/C13H21N3OS/c1-2-4-12-15-16-13(18-12)14-10-5-3-6-11-9(10)7-8-17-11/h9-11H,2-8H2,1H3,(H,14,16)/t9-,10-,11+/m1/s1. The van der Waals surface area contributed by atoms with E-state index in [1.807, 2.05) is 0 Å². The first-order chi connectivity index (χ1) is 8.86. The van der Waals surface area contributed by atoms with E-state index in [4.69, 9.17) is 4.74 Å². The van der Waals surface area contributed by atoms with Crippen LogP contribution in [0, 0.1) is 5.92 Å². The van der Waals surface area contributed by atoms with Gasteiger partial charge < -0.3 is 10.1 Å². The van der Waals surface area contributed by atoms with E-state index >= 15 is 0 Å². The number of nitrogens with zero attached hydrogens (tertiary/aromatic N) is 2. The molecule has 18 heavy (non-hydrogen) atoms. The third-order valence-corrected chi connectivity index (χ3v) is 4.94. The number of hydrogen-bond acceptors (Lipinski definition) is 5. The Morgan fingerprint density at radius 2 is 2.28 bits per heavy atom. The molecule has 1 saturated carbocycles. The van der Waals surface area contributed by atoms with Gasteiger partial charge in [0.1, 0.15) is 5.01 Å². The maximum atomic E-state index is 5.80. The molecule has 100 valence electrons. The molecule has 2 aliphatic rings. The SMILES string of the molecule is CCCc1nnc(N[C@@H]2CCC[C@@H]3OCC[C@@H]32)s1. The second-order valence-corrected chi connectivity index (χ2v) is 6.36. The average Bonchev–Trinajstić information content (AvgIpc) is 2.99. The van der Waals surface area contributed by atoms with Crippen molar-refractivity contribution in [2.45, 2.75) is 57.6 Å². The van der Waals surface area contributed by atoms with Gasteiger partial charge in [0.05, 0.1) is 6.10 Å². The zero-order valence-corrected chi connectivity index (χ0v) is 11.7. The Kier molecular flexibility index (Phi) is 3.80. The second-order valence-electron chi connectivity index (χ2n) is 5.29. The molecule has 0 bridgehead atoms. The van der Waals surface area contributed by atoms with E-state index in [0.29, 0.717) is 18.1 Å². The van der Waals surface area contributed by atoms with Crippen LogP contribution in [0.25, 0.3) is 0 Å². The van der Waals surface area contributed by atoms with Crippen LogP contribution < -0.4 is 5.32 Å². The van der Waals surface area contributed by atoms with Crippen LogP contribution in [-0.2, 0) is 11.2 Å². The monoisotopic (exact) mass is 267 g/mol. The van der Waals surface area contributed by atoms with Gasteiger partial charge in [0.15, 0.2) is 0 Å². The highest BCUT2D eigenvalue weighted by atomic mass is 32.1. The zero-order valence-electron chi connectivity index (χ0n) is 10.9. The van der Waals surface area contributed by atoms with Crippen molar-refractivity contribution < 1.29 is 4.74 Å². The fourth-order valence-electron chi connectivity index (χ4n) is 3.14. The third-order valence-electron chi connectivity index (χ3n) is 4.02. The van der Waals surface area contributed by atoms with Crippen LogP contribution in [0.2, 0.25) is 0 Å². The van der Waals surface area contributed by atoms with E-state index in [0.717, 1.165) is 29.6 Å². The first-order valence-corrected chi connectivity index (χ1v) is 7.89. The van der Waals surface area contributed by atoms with Crippen LogP contribution in [-0.4, -0.2) is 29.0 Å². The number of anilines is 1. The van der Waals surface area contributed by atoms with Gasteiger partial charge in [-0.1, -0.05) is 18.3 Å². The largest absolute Gasteiger partial charge is 0.378 e. The van der Waals surface area contributed by atoms with Crippen molar-refractivity contribution >= 4 is 16.5 Å². The van der Waals surface area contributed by atoms with Crippen LogP contribution in [0.5, 0.6) is 0 Å². The molecular weight excluding hydrogens is 246 g/mol. The molecule has 0 radical (unpaired) electrons. The van der Waals surface area contributed by atoms with Crippen LogP contribution >= 0.6 is 11.3 Å². The number of aryl methyl sites for hydroxylation is 1. The molecule has 3 atom stereocenters. The van der Waals surface area contributed by atoms with Crippen LogP contribution in [0.1, 0.15) is 44.0 Å². The lowest BCUT2D eigenvalue weighted by molar-refractivity contribution is 0.0620. The fraction of sp³-hybridized carbons (Fsp3) is 0.846. The topological polar surface area (TPSA) is 47.0 Å². The highest BCUT2D eigenvalue weighted by Crippen LogP contribution is 2.36. The molecule has 0 spiro atoms. The van der Waals surface area contributed by atoms with Gasteiger partial charge in [-0.3, -0.25) is 0 Å². The summed E-state index contributed by atoms with van der Waals surface area (Å²) in [6, 6.07) is 0.536. The Hall–Kier alpha value is -0.680. The Balaban J connectivity index is 1.63. The molecule has 3 rings (SSSR count). The quantitative estimate of drug-likeness (QED) is 0.911. The van der Waals surface area contributed by atoms with Crippen molar-refractivity contribution in [3.05, 3.63) is 5.01 Å². The molecule has 4 nitrogen and oxygen atoms in total. The van der Waals surface area contributed by atoms with Gasteiger partial charge in [-0.2, -0.15) is 0 Å². The van der Waals surface area contributed by atoms with Gasteiger partial charge in [-0.15, -0.1) is 10.2 Å². The molecular formula is C13H21N3OS. The summed E-state index contributed by atoms with van der Waals surface area (Å²) in [6.45, 7) is 3.11. The molecule has 2 heterocycles. The van der Waals surface area contributed by atoms with Crippen molar-refractivity contribution in [3.63, 3.8) is 0 Å². The fourth-order valence-corrected chi connectivity index (χ4v) is 4.04. The molecule has 1 saturated heterocycles. The summed E-state index contributed by atoms with van der Waals surface area (Å²) < 4.78 is 5.80. The third kappa shape index (κ3) is 2.52. The van der Waals surface area contributed by atoms with Crippen molar-refractivity contribution in [3.8, 4) is 0 Å². The Morgan fingerprint density at radius 1 is 1.33 bits per heavy atom. The number of rotatable bonds is 4. The van der Waals surface area contributed by atoms with Crippen LogP contribution in [0.4, 0.5) is 5.13 Å². The van der Waals surface area contributed by atoms with E-state index in [1.54, 1.807) is 11.3 Å². The molecule has 1 aliphatic carbocycles. The molecule has 2 fully saturated rings. The second kappa shape index (κ2) is 5.53. The molecule has 5 heteroatoms. The maximum absolute atomic E-state index is 5.80. The minimum atomic E-state index is 0.485. The molecule has 1 aliphatic heterocycles. The predicted octanol–water partition coefficient (Wildman–Crippen LogP) is 2.86. The van der Waals surface area contributed by atoms with E-state index in [-0.39, 0.29) is 0 Å². The van der Waals surface area contributed by atoms with Crippen LogP contribution in [0.3, 0.4) is 0 Å². The Morgan fingerprint density at radius 3 is 3.17 bits per heavy atom. The van der Waals surface area contributed by atoms with E-state index < -0.39 is 0 Å². The molecule has 1 aromatic heterocycles. The van der Waals surface area contributed by atoms with Crippen molar-refractivity contribution in [2.75, 3.05) is 11.9 Å². The van der Waals surface area contributed by atoms with Gasteiger partial charge in [-0.25, -0.2) is 0 Å². The van der Waals surface area contributed by atoms with E-state index in [1.165, 1.54) is 25.7 Å². The first kappa shape index (κ1) is 12.4. The minimum absolute atomic E-state index is 0.485. The van der Waals surface area contributed by atoms with Gasteiger partial charge in [0.2, 0.25) is 5.13 Å². The van der Waals surface area contributed by atoms with Gasteiger partial charge >= 0.3 is 0 Å². The number of hydrogen-bond donors (Lipinski definition) is 1. The lowest BCUT2D eigenvalue weighted by Gasteiger charge is -2.32. The summed E-state index contributed by atoms with van der Waals surface area (Å²) in [5, 5.41) is 14.2. The lowest BCUT2D eigenvalue weighted by atomic mass is 9.82. The Labute approximate surface area is 112 Å². The molecule has 0 amide bonds. The summed E-state index contributed by atoms with van der Waals surface area (Å²) in [6.07, 6.45) is 7.60. The number of ether oxygens (including phenoxy) is 1. The average molecular weight is 267 g/mol. The highest BCUT2D eigenvalue weighted by molar-refractivity contribution is 7.15. The smallest absolute Gasteiger partial charge is 0.205 e. The number of nitrogens with one attached hydrogen (secondary N) is 1. The van der Waals surface area contributed by atoms with Gasteiger partial charge in [-0.05, 0) is 32.1 Å². The van der Waals surface area contributed by atoms with Crippen LogP contribution in [0.15, 0.2) is 0 Å². The van der Waals surface area contributed by atoms with E-state index in [2.05, 4.69) is 22.4 Å².